The normalized spacial score (nSPS) is 21.5. The van der Waals surface area contributed by atoms with Crippen molar-refractivity contribution in [2.75, 3.05) is 50.2 Å². The van der Waals surface area contributed by atoms with Gasteiger partial charge in [0.1, 0.15) is 19.7 Å². The Bertz CT molecular complexity index is 534. The van der Waals surface area contributed by atoms with Gasteiger partial charge >= 0.3 is 6.03 Å². The van der Waals surface area contributed by atoms with Gasteiger partial charge in [-0.2, -0.15) is 0 Å². The molecule has 0 atom stereocenters. The second-order valence-electron chi connectivity index (χ2n) is 6.01. The molecule has 2 saturated heterocycles. The zero-order chi connectivity index (χ0) is 15.1. The van der Waals surface area contributed by atoms with Crippen molar-refractivity contribution >= 4 is 25.7 Å². The molecular formula is C11H20N2O5S2. The maximum absolute atomic E-state index is 12.0. The summed E-state index contributed by atoms with van der Waals surface area (Å²) in [5.41, 5.74) is 0. The van der Waals surface area contributed by atoms with Gasteiger partial charge in [-0.15, -0.1) is 0 Å². The number of nitrogens with zero attached hydrogens (tertiary/aromatic N) is 2. The number of sulfone groups is 2. The summed E-state index contributed by atoms with van der Waals surface area (Å²) in [7, 11) is -5.99. The SMILES string of the molecule is CS(=O)(=O)CC1CN(C(=O)N2CC(CS(C)(=O)=O)C2)C1. The third-order valence-electron chi connectivity index (χ3n) is 3.53. The van der Waals surface area contributed by atoms with Crippen molar-refractivity contribution in [2.45, 2.75) is 0 Å². The molecule has 9 heteroatoms. The molecule has 2 amide bonds. The highest BCUT2D eigenvalue weighted by Gasteiger charge is 2.39. The smallest absolute Gasteiger partial charge is 0.320 e. The van der Waals surface area contributed by atoms with Crippen LogP contribution in [0.25, 0.3) is 0 Å². The van der Waals surface area contributed by atoms with Crippen molar-refractivity contribution in [3.63, 3.8) is 0 Å². The van der Waals surface area contributed by atoms with Gasteiger partial charge in [0.05, 0.1) is 11.5 Å². The average molecular weight is 324 g/mol. The number of hydrogen-bond acceptors (Lipinski definition) is 5. The molecule has 0 N–H and O–H groups in total. The Balaban J connectivity index is 1.71. The van der Waals surface area contributed by atoms with E-state index in [9.17, 15) is 21.6 Å². The molecular weight excluding hydrogens is 304 g/mol. The van der Waals surface area contributed by atoms with Crippen molar-refractivity contribution in [1.29, 1.82) is 0 Å². The van der Waals surface area contributed by atoms with Crippen LogP contribution >= 0.6 is 0 Å². The zero-order valence-corrected chi connectivity index (χ0v) is 13.3. The van der Waals surface area contributed by atoms with E-state index in [0.717, 1.165) is 0 Å². The summed E-state index contributed by atoms with van der Waals surface area (Å²) >= 11 is 0. The Morgan fingerprint density at radius 3 is 1.40 bits per heavy atom. The Labute approximate surface area is 119 Å². The fourth-order valence-corrected chi connectivity index (χ4v) is 4.85. The summed E-state index contributed by atoms with van der Waals surface area (Å²) in [6.45, 7) is 1.89. The molecule has 0 saturated carbocycles. The molecule has 2 rings (SSSR count). The predicted octanol–water partition coefficient (Wildman–Crippen LogP) is -0.941. The third kappa shape index (κ3) is 4.08. The number of rotatable bonds is 4. The van der Waals surface area contributed by atoms with Gasteiger partial charge in [-0.05, 0) is 0 Å². The summed E-state index contributed by atoms with van der Waals surface area (Å²) < 4.78 is 44.5. The van der Waals surface area contributed by atoms with Crippen LogP contribution in [0.15, 0.2) is 0 Å². The number of amides is 2. The minimum atomic E-state index is -2.99. The highest BCUT2D eigenvalue weighted by Crippen LogP contribution is 2.24. The highest BCUT2D eigenvalue weighted by atomic mass is 32.2. The fourth-order valence-electron chi connectivity index (χ4n) is 2.72. The Kier molecular flexibility index (Phi) is 4.03. The van der Waals surface area contributed by atoms with Gasteiger partial charge in [-0.1, -0.05) is 0 Å². The van der Waals surface area contributed by atoms with Crippen molar-refractivity contribution in [3.8, 4) is 0 Å². The number of urea groups is 1. The fraction of sp³-hybridized carbons (Fsp3) is 0.909. The Morgan fingerprint density at radius 2 is 1.15 bits per heavy atom. The second-order valence-corrected chi connectivity index (χ2v) is 10.4. The molecule has 0 bridgehead atoms. The molecule has 116 valence electrons. The Morgan fingerprint density at radius 1 is 0.850 bits per heavy atom. The van der Waals surface area contributed by atoms with Crippen LogP contribution in [-0.4, -0.2) is 82.9 Å². The van der Waals surface area contributed by atoms with E-state index in [-0.39, 0.29) is 29.4 Å². The largest absolute Gasteiger partial charge is 0.324 e. The molecule has 20 heavy (non-hydrogen) atoms. The number of carbonyl (C=O) groups excluding carboxylic acids is 1. The first-order chi connectivity index (χ1) is 9.03. The lowest BCUT2D eigenvalue weighted by molar-refractivity contribution is 0.0628. The first kappa shape index (κ1) is 15.6. The molecule has 7 nitrogen and oxygen atoms in total. The topological polar surface area (TPSA) is 91.8 Å². The molecule has 0 aromatic heterocycles. The van der Waals surface area contributed by atoms with Crippen LogP contribution in [0.1, 0.15) is 0 Å². The maximum Gasteiger partial charge on any atom is 0.320 e. The predicted molar refractivity (Wildman–Crippen MR) is 74.9 cm³/mol. The minimum Gasteiger partial charge on any atom is -0.324 e. The molecule has 0 aromatic carbocycles. The first-order valence-corrected chi connectivity index (χ1v) is 10.5. The molecule has 0 radical (unpaired) electrons. The Hall–Kier alpha value is -0.830. The van der Waals surface area contributed by atoms with Gasteiger partial charge in [-0.3, -0.25) is 0 Å². The van der Waals surface area contributed by atoms with Crippen molar-refractivity contribution in [1.82, 2.24) is 9.80 Å². The molecule has 2 fully saturated rings. The van der Waals surface area contributed by atoms with Gasteiger partial charge in [-0.25, -0.2) is 21.6 Å². The molecule has 2 heterocycles. The minimum absolute atomic E-state index is 0.0297. The van der Waals surface area contributed by atoms with E-state index in [0.29, 0.717) is 26.2 Å². The van der Waals surface area contributed by atoms with Gasteiger partial charge in [0.25, 0.3) is 0 Å². The van der Waals surface area contributed by atoms with Crippen molar-refractivity contribution in [3.05, 3.63) is 0 Å². The van der Waals surface area contributed by atoms with E-state index in [1.807, 2.05) is 0 Å². The van der Waals surface area contributed by atoms with E-state index < -0.39 is 19.7 Å². The van der Waals surface area contributed by atoms with E-state index in [4.69, 9.17) is 0 Å². The molecule has 2 aliphatic heterocycles. The van der Waals surface area contributed by atoms with Crippen LogP contribution in [0, 0.1) is 11.8 Å². The van der Waals surface area contributed by atoms with Crippen LogP contribution in [0.5, 0.6) is 0 Å². The van der Waals surface area contributed by atoms with E-state index in [1.54, 1.807) is 9.80 Å². The first-order valence-electron chi connectivity index (χ1n) is 6.43. The van der Waals surface area contributed by atoms with Gasteiger partial charge < -0.3 is 9.80 Å². The lowest BCUT2D eigenvalue weighted by Crippen LogP contribution is -2.62. The summed E-state index contributed by atoms with van der Waals surface area (Å²) in [5, 5.41) is 0. The van der Waals surface area contributed by atoms with E-state index in [2.05, 4.69) is 0 Å². The number of carbonyl (C=O) groups is 1. The van der Waals surface area contributed by atoms with Crippen molar-refractivity contribution in [2.24, 2.45) is 11.8 Å². The quantitative estimate of drug-likeness (QED) is 0.665. The highest BCUT2D eigenvalue weighted by molar-refractivity contribution is 7.90. The average Bonchev–Trinajstić information content (AvgIpc) is 2.12. The zero-order valence-electron chi connectivity index (χ0n) is 11.6. The third-order valence-corrected chi connectivity index (χ3v) is 5.69. The van der Waals surface area contributed by atoms with E-state index in [1.165, 1.54) is 12.5 Å². The molecule has 2 aliphatic rings. The van der Waals surface area contributed by atoms with Crippen LogP contribution in [0.3, 0.4) is 0 Å². The summed E-state index contributed by atoms with van der Waals surface area (Å²) in [4.78, 5) is 15.2. The monoisotopic (exact) mass is 324 g/mol. The van der Waals surface area contributed by atoms with E-state index >= 15 is 0 Å². The molecule has 0 spiro atoms. The van der Waals surface area contributed by atoms with Crippen LogP contribution < -0.4 is 0 Å². The summed E-state index contributed by atoms with van der Waals surface area (Å²) in [5.74, 6) is 0.296. The van der Waals surface area contributed by atoms with Crippen molar-refractivity contribution < 1.29 is 21.6 Å². The molecule has 0 aliphatic carbocycles. The van der Waals surface area contributed by atoms with Crippen LogP contribution in [0.2, 0.25) is 0 Å². The second kappa shape index (κ2) is 5.18. The maximum atomic E-state index is 12.0. The van der Waals surface area contributed by atoms with Gasteiger partial charge in [0.15, 0.2) is 0 Å². The standard InChI is InChI=1S/C11H20N2O5S2/c1-19(15,16)7-9-3-12(4-9)11(14)13-5-10(6-13)8-20(2,17)18/h9-10H,3-8H2,1-2H3. The van der Waals surface area contributed by atoms with Gasteiger partial charge in [0.2, 0.25) is 0 Å². The summed E-state index contributed by atoms with van der Waals surface area (Å²) in [6.07, 6.45) is 2.39. The lowest BCUT2D eigenvalue weighted by atomic mass is 10.0. The molecule has 0 aromatic rings. The van der Waals surface area contributed by atoms with Crippen LogP contribution in [0.4, 0.5) is 4.79 Å². The number of hydrogen-bond donors (Lipinski definition) is 0. The molecule has 0 unspecified atom stereocenters. The lowest BCUT2D eigenvalue weighted by Gasteiger charge is -2.46. The van der Waals surface area contributed by atoms with Gasteiger partial charge in [0, 0.05) is 50.5 Å². The van der Waals surface area contributed by atoms with Crippen LogP contribution in [-0.2, 0) is 19.7 Å². The summed E-state index contributed by atoms with van der Waals surface area (Å²) in [6, 6.07) is -0.112. The number of likely N-dealkylation sites (tertiary alicyclic amines) is 2.